The van der Waals surface area contributed by atoms with E-state index in [0.717, 1.165) is 5.71 Å². The van der Waals surface area contributed by atoms with E-state index in [-0.39, 0.29) is 6.54 Å². The summed E-state index contributed by atoms with van der Waals surface area (Å²) in [5.74, 6) is 0.535. The molecule has 0 radical (unpaired) electrons. The summed E-state index contributed by atoms with van der Waals surface area (Å²) in [4.78, 5) is 30.9. The van der Waals surface area contributed by atoms with Crippen LogP contribution in [0.1, 0.15) is 19.4 Å². The van der Waals surface area contributed by atoms with Crippen LogP contribution >= 0.6 is 23.2 Å². The van der Waals surface area contributed by atoms with Gasteiger partial charge in [-0.3, -0.25) is 18.5 Å². The average Bonchev–Trinajstić information content (AvgIpc) is 3.10. The predicted molar refractivity (Wildman–Crippen MR) is 120 cm³/mol. The van der Waals surface area contributed by atoms with E-state index < -0.39 is 11.2 Å². The zero-order valence-electron chi connectivity index (χ0n) is 16.8. The summed E-state index contributed by atoms with van der Waals surface area (Å²) in [6, 6.07) is 5.04. The van der Waals surface area contributed by atoms with E-state index in [9.17, 15) is 9.59 Å². The molecule has 0 atom stereocenters. The number of aryl methyl sites for hydroxylation is 1. The van der Waals surface area contributed by atoms with E-state index in [1.165, 1.54) is 9.13 Å². The molecule has 0 N–H and O–H groups in total. The van der Waals surface area contributed by atoms with Gasteiger partial charge in [0.2, 0.25) is 5.95 Å². The molecule has 10 heteroatoms. The predicted octanol–water partition coefficient (Wildman–Crippen LogP) is 3.02. The van der Waals surface area contributed by atoms with Crippen molar-refractivity contribution in [3.63, 3.8) is 0 Å². The molecular formula is C20H20Cl2N6O2. The second kappa shape index (κ2) is 7.77. The quantitative estimate of drug-likeness (QED) is 0.577. The van der Waals surface area contributed by atoms with Crippen LogP contribution in [0.5, 0.6) is 0 Å². The number of imidazole rings is 1. The summed E-state index contributed by atoms with van der Waals surface area (Å²) in [7, 11) is 1.61. The minimum absolute atomic E-state index is 0.0776. The van der Waals surface area contributed by atoms with Crippen LogP contribution in [-0.2, 0) is 20.1 Å². The summed E-state index contributed by atoms with van der Waals surface area (Å²) in [6.45, 7) is 4.84. The van der Waals surface area contributed by atoms with Gasteiger partial charge in [-0.05, 0) is 31.5 Å². The van der Waals surface area contributed by atoms with Crippen LogP contribution in [0, 0.1) is 0 Å². The van der Waals surface area contributed by atoms with E-state index in [1.54, 1.807) is 30.3 Å². The fourth-order valence-electron chi connectivity index (χ4n) is 3.51. The third-order valence-electron chi connectivity index (χ3n) is 4.96. The van der Waals surface area contributed by atoms with E-state index in [1.807, 2.05) is 30.6 Å². The summed E-state index contributed by atoms with van der Waals surface area (Å²) in [6.07, 6.45) is 3.87. The maximum Gasteiger partial charge on any atom is 0.332 e. The minimum atomic E-state index is -0.452. The molecule has 8 nitrogen and oxygen atoms in total. The highest BCUT2D eigenvalue weighted by Crippen LogP contribution is 2.24. The highest BCUT2D eigenvalue weighted by Gasteiger charge is 2.26. The largest absolute Gasteiger partial charge is 0.332 e. The lowest BCUT2D eigenvalue weighted by Crippen LogP contribution is -2.40. The van der Waals surface area contributed by atoms with Crippen LogP contribution in [-0.4, -0.2) is 30.9 Å². The Morgan fingerprint density at radius 1 is 1.20 bits per heavy atom. The standard InChI is InChI=1S/C20H20Cl2N6O2/c1-4-5-8-28-19-23-17-16(26(19)10-12(2)24-28)18(29)27(20(30)25(17)3)11-13-6-7-14(21)15(22)9-13/h4-7,9H,8,10-11H2,1-3H3/b5-4+. The molecule has 4 rings (SSSR count). The van der Waals surface area contributed by atoms with Crippen molar-refractivity contribution in [3.8, 4) is 0 Å². The van der Waals surface area contributed by atoms with Crippen molar-refractivity contribution >= 4 is 46.0 Å². The monoisotopic (exact) mass is 446 g/mol. The molecule has 0 aliphatic carbocycles. The number of rotatable bonds is 4. The Labute approximate surface area is 182 Å². The first-order valence-corrected chi connectivity index (χ1v) is 10.1. The van der Waals surface area contributed by atoms with Gasteiger partial charge >= 0.3 is 5.69 Å². The van der Waals surface area contributed by atoms with Gasteiger partial charge in [-0.2, -0.15) is 10.1 Å². The van der Waals surface area contributed by atoms with E-state index in [4.69, 9.17) is 23.2 Å². The third kappa shape index (κ3) is 3.36. The molecule has 3 heterocycles. The molecular weight excluding hydrogens is 427 g/mol. The lowest BCUT2D eigenvalue weighted by Gasteiger charge is -2.23. The van der Waals surface area contributed by atoms with Crippen LogP contribution in [0.3, 0.4) is 0 Å². The topological polar surface area (TPSA) is 77.4 Å². The number of hydrogen-bond acceptors (Lipinski definition) is 5. The number of aromatic nitrogens is 4. The van der Waals surface area contributed by atoms with Crippen molar-refractivity contribution < 1.29 is 0 Å². The van der Waals surface area contributed by atoms with Crippen molar-refractivity contribution in [2.75, 3.05) is 11.6 Å². The number of allylic oxidation sites excluding steroid dienone is 1. The van der Waals surface area contributed by atoms with Crippen molar-refractivity contribution in [2.45, 2.75) is 26.9 Å². The van der Waals surface area contributed by atoms with Crippen LogP contribution in [0.4, 0.5) is 5.95 Å². The molecule has 0 fully saturated rings. The molecule has 1 aliphatic heterocycles. The Balaban J connectivity index is 1.91. The molecule has 0 spiro atoms. The van der Waals surface area contributed by atoms with Crippen molar-refractivity contribution in [3.05, 3.63) is 66.8 Å². The van der Waals surface area contributed by atoms with Gasteiger partial charge in [0.15, 0.2) is 11.2 Å². The lowest BCUT2D eigenvalue weighted by molar-refractivity contribution is 0.653. The zero-order chi connectivity index (χ0) is 21.6. The number of benzene rings is 1. The van der Waals surface area contributed by atoms with Gasteiger partial charge in [0.05, 0.1) is 35.4 Å². The maximum absolute atomic E-state index is 13.4. The third-order valence-corrected chi connectivity index (χ3v) is 5.70. The van der Waals surface area contributed by atoms with E-state index in [0.29, 0.717) is 45.8 Å². The molecule has 156 valence electrons. The molecule has 1 aromatic carbocycles. The molecule has 0 amide bonds. The highest BCUT2D eigenvalue weighted by molar-refractivity contribution is 6.42. The SMILES string of the molecule is C/C=C/CN1N=C(C)Cn2c1nc1c2c(=O)n(Cc2ccc(Cl)c(Cl)c2)c(=O)n1C. The van der Waals surface area contributed by atoms with Gasteiger partial charge < -0.3 is 0 Å². The Morgan fingerprint density at radius 2 is 1.97 bits per heavy atom. The molecule has 0 saturated heterocycles. The maximum atomic E-state index is 13.4. The van der Waals surface area contributed by atoms with E-state index >= 15 is 0 Å². The van der Waals surface area contributed by atoms with Crippen LogP contribution < -0.4 is 16.3 Å². The second-order valence-electron chi connectivity index (χ2n) is 7.14. The summed E-state index contributed by atoms with van der Waals surface area (Å²) < 4.78 is 4.39. The number of fused-ring (bicyclic) bond motifs is 3. The average molecular weight is 447 g/mol. The fourth-order valence-corrected chi connectivity index (χ4v) is 3.83. The van der Waals surface area contributed by atoms with Gasteiger partial charge in [-0.15, -0.1) is 0 Å². The Hall–Kier alpha value is -2.84. The molecule has 1 aliphatic rings. The number of anilines is 1. The molecule has 0 unspecified atom stereocenters. The van der Waals surface area contributed by atoms with Crippen LogP contribution in [0.2, 0.25) is 10.0 Å². The van der Waals surface area contributed by atoms with Gasteiger partial charge in [0.25, 0.3) is 5.56 Å². The Bertz CT molecular complexity index is 1330. The Morgan fingerprint density at radius 3 is 2.67 bits per heavy atom. The van der Waals surface area contributed by atoms with Crippen molar-refractivity contribution in [1.82, 2.24) is 18.7 Å². The second-order valence-corrected chi connectivity index (χ2v) is 7.95. The molecule has 0 saturated carbocycles. The van der Waals surface area contributed by atoms with Crippen molar-refractivity contribution in [2.24, 2.45) is 12.1 Å². The van der Waals surface area contributed by atoms with Crippen molar-refractivity contribution in [1.29, 1.82) is 0 Å². The highest BCUT2D eigenvalue weighted by atomic mass is 35.5. The van der Waals surface area contributed by atoms with Gasteiger partial charge in [0.1, 0.15) is 0 Å². The number of hydrogen-bond donors (Lipinski definition) is 0. The first kappa shape index (κ1) is 20.4. The first-order chi connectivity index (χ1) is 14.3. The zero-order valence-corrected chi connectivity index (χ0v) is 18.3. The number of halogens is 2. The summed E-state index contributed by atoms with van der Waals surface area (Å²) in [5, 5.41) is 7.05. The van der Waals surface area contributed by atoms with E-state index in [2.05, 4.69) is 10.1 Å². The molecule has 0 bridgehead atoms. The molecule has 2 aromatic heterocycles. The normalized spacial score (nSPS) is 13.9. The van der Waals surface area contributed by atoms with Gasteiger partial charge in [0, 0.05) is 7.05 Å². The lowest BCUT2D eigenvalue weighted by atomic mass is 10.2. The first-order valence-electron chi connectivity index (χ1n) is 9.38. The minimum Gasteiger partial charge on any atom is -0.297 e. The van der Waals surface area contributed by atoms with Crippen LogP contribution in [0.25, 0.3) is 11.2 Å². The fraction of sp³-hybridized carbons (Fsp3) is 0.300. The van der Waals surface area contributed by atoms with Gasteiger partial charge in [-0.25, -0.2) is 9.80 Å². The smallest absolute Gasteiger partial charge is 0.297 e. The molecule has 30 heavy (non-hydrogen) atoms. The number of nitrogens with zero attached hydrogens (tertiary/aromatic N) is 6. The summed E-state index contributed by atoms with van der Waals surface area (Å²) in [5.41, 5.74) is 1.39. The van der Waals surface area contributed by atoms with Crippen LogP contribution in [0.15, 0.2) is 45.0 Å². The Kier molecular flexibility index (Phi) is 5.29. The van der Waals surface area contributed by atoms with Gasteiger partial charge in [-0.1, -0.05) is 41.4 Å². The number of hydrazone groups is 1. The molecule has 3 aromatic rings. The summed E-state index contributed by atoms with van der Waals surface area (Å²) >= 11 is 12.1.